The van der Waals surface area contributed by atoms with E-state index in [0.717, 1.165) is 6.67 Å². The second kappa shape index (κ2) is 10.2. The summed E-state index contributed by atoms with van der Waals surface area (Å²) in [6, 6.07) is 46.4. The third-order valence-electron chi connectivity index (χ3n) is 8.09. The fourth-order valence-corrected chi connectivity index (χ4v) is 6.45. The molecule has 4 atom stereocenters. The van der Waals surface area contributed by atoms with Gasteiger partial charge in [-0.15, -0.1) is 0 Å². The molecular formula is C33H34N2. The summed E-state index contributed by atoms with van der Waals surface area (Å²) in [6.45, 7) is 0.970. The van der Waals surface area contributed by atoms with E-state index >= 15 is 0 Å². The molecule has 4 unspecified atom stereocenters. The highest BCUT2D eigenvalue weighted by Gasteiger charge is 2.41. The molecule has 2 heteroatoms. The fourth-order valence-electron chi connectivity index (χ4n) is 6.45. The minimum absolute atomic E-state index is 0.440. The summed E-state index contributed by atoms with van der Waals surface area (Å²) in [6.07, 6.45) is 4.79. The van der Waals surface area contributed by atoms with Crippen LogP contribution in [0.4, 0.5) is 0 Å². The Bertz CT molecular complexity index is 1000. The molecule has 4 aromatic rings. The van der Waals surface area contributed by atoms with Crippen molar-refractivity contribution in [3.63, 3.8) is 0 Å². The average molecular weight is 459 g/mol. The van der Waals surface area contributed by atoms with Crippen LogP contribution in [0.25, 0.3) is 0 Å². The van der Waals surface area contributed by atoms with Crippen molar-refractivity contribution in [1.82, 2.24) is 9.80 Å². The van der Waals surface area contributed by atoms with Crippen molar-refractivity contribution >= 4 is 0 Å². The van der Waals surface area contributed by atoms with Crippen molar-refractivity contribution < 1.29 is 0 Å². The monoisotopic (exact) mass is 458 g/mol. The van der Waals surface area contributed by atoms with Crippen molar-refractivity contribution in [3.8, 4) is 0 Å². The first-order chi connectivity index (χ1) is 17.4. The first-order valence-corrected chi connectivity index (χ1v) is 13.1. The van der Waals surface area contributed by atoms with Crippen LogP contribution in [0.1, 0.15) is 72.1 Å². The highest BCUT2D eigenvalue weighted by atomic mass is 15.4. The Morgan fingerprint density at radius 1 is 0.371 bits per heavy atom. The number of hydrogen-bond donors (Lipinski definition) is 0. The fraction of sp³-hybridized carbons (Fsp3) is 0.273. The highest BCUT2D eigenvalue weighted by molar-refractivity contribution is 5.28. The van der Waals surface area contributed by atoms with Crippen LogP contribution in [0, 0.1) is 0 Å². The predicted molar refractivity (Wildman–Crippen MR) is 144 cm³/mol. The van der Waals surface area contributed by atoms with Gasteiger partial charge in [-0.3, -0.25) is 9.80 Å². The third kappa shape index (κ3) is 4.57. The van der Waals surface area contributed by atoms with Gasteiger partial charge < -0.3 is 0 Å². The molecule has 2 aliphatic rings. The van der Waals surface area contributed by atoms with E-state index in [1.807, 2.05) is 0 Å². The van der Waals surface area contributed by atoms with Crippen molar-refractivity contribution in [3.05, 3.63) is 144 Å². The number of nitrogens with zero attached hydrogens (tertiary/aromatic N) is 2. The van der Waals surface area contributed by atoms with E-state index in [4.69, 9.17) is 0 Å². The quantitative estimate of drug-likeness (QED) is 0.288. The molecule has 2 saturated heterocycles. The highest BCUT2D eigenvalue weighted by Crippen LogP contribution is 2.49. The maximum atomic E-state index is 2.79. The molecule has 0 spiro atoms. The van der Waals surface area contributed by atoms with Crippen LogP contribution in [-0.4, -0.2) is 16.5 Å². The molecule has 35 heavy (non-hydrogen) atoms. The van der Waals surface area contributed by atoms with Crippen molar-refractivity contribution in [2.75, 3.05) is 6.67 Å². The lowest BCUT2D eigenvalue weighted by Gasteiger charge is -2.39. The first kappa shape index (κ1) is 22.3. The zero-order valence-electron chi connectivity index (χ0n) is 20.3. The van der Waals surface area contributed by atoms with Gasteiger partial charge in [0.25, 0.3) is 0 Å². The Morgan fingerprint density at radius 3 is 0.829 bits per heavy atom. The Labute approximate surface area is 209 Å². The lowest BCUT2D eigenvalue weighted by Crippen LogP contribution is -2.40. The first-order valence-electron chi connectivity index (χ1n) is 13.1. The molecule has 2 fully saturated rings. The molecular weight excluding hydrogens is 424 g/mol. The van der Waals surface area contributed by atoms with E-state index in [1.165, 1.54) is 47.9 Å². The number of likely N-dealkylation sites (tertiary alicyclic amines) is 2. The molecule has 0 aliphatic carbocycles. The Balaban J connectivity index is 1.39. The number of benzene rings is 4. The van der Waals surface area contributed by atoms with Crippen LogP contribution < -0.4 is 0 Å². The standard InChI is InChI=1S/C33H34N2/c1-5-13-26(14-6-1)30-21-22-31(27-15-7-2-8-16-27)34(30)25-35-32(28-17-9-3-10-18-28)23-24-33(35)29-19-11-4-12-20-29/h1-20,30-33H,21-25H2. The average Bonchev–Trinajstić information content (AvgIpc) is 3.55. The smallest absolute Gasteiger partial charge is 0.0529 e. The zero-order chi connectivity index (χ0) is 23.5. The van der Waals surface area contributed by atoms with Crippen LogP contribution in [0.3, 0.4) is 0 Å². The minimum Gasteiger partial charge on any atom is -0.276 e. The van der Waals surface area contributed by atoms with Crippen molar-refractivity contribution in [2.24, 2.45) is 0 Å². The van der Waals surface area contributed by atoms with Crippen molar-refractivity contribution in [1.29, 1.82) is 0 Å². The normalized spacial score (nSPS) is 25.1. The van der Waals surface area contributed by atoms with E-state index in [9.17, 15) is 0 Å². The molecule has 4 aromatic carbocycles. The topological polar surface area (TPSA) is 6.48 Å². The predicted octanol–water partition coefficient (Wildman–Crippen LogP) is 8.10. The van der Waals surface area contributed by atoms with Crippen LogP contribution in [0.15, 0.2) is 121 Å². The lowest BCUT2D eigenvalue weighted by molar-refractivity contribution is 0.0527. The second-order valence-corrected chi connectivity index (χ2v) is 10.0. The maximum Gasteiger partial charge on any atom is 0.0529 e. The van der Waals surface area contributed by atoms with Gasteiger partial charge in [-0.05, 0) is 47.9 Å². The molecule has 0 saturated carbocycles. The van der Waals surface area contributed by atoms with E-state index < -0.39 is 0 Å². The van der Waals surface area contributed by atoms with E-state index in [0.29, 0.717) is 24.2 Å². The van der Waals surface area contributed by atoms with Gasteiger partial charge in [-0.2, -0.15) is 0 Å². The molecule has 0 aromatic heterocycles. The number of rotatable bonds is 6. The molecule has 0 amide bonds. The second-order valence-electron chi connectivity index (χ2n) is 10.0. The van der Waals surface area contributed by atoms with Gasteiger partial charge in [0.05, 0.1) is 6.67 Å². The summed E-state index contributed by atoms with van der Waals surface area (Å²) in [4.78, 5) is 5.59. The molecule has 0 bridgehead atoms. The molecule has 2 aliphatic heterocycles. The molecule has 2 nitrogen and oxygen atoms in total. The molecule has 0 N–H and O–H groups in total. The van der Waals surface area contributed by atoms with Crippen LogP contribution in [-0.2, 0) is 0 Å². The lowest BCUT2D eigenvalue weighted by atomic mass is 10.0. The summed E-state index contributed by atoms with van der Waals surface area (Å²) < 4.78 is 0. The van der Waals surface area contributed by atoms with Crippen LogP contribution >= 0.6 is 0 Å². The van der Waals surface area contributed by atoms with Gasteiger partial charge in [-0.1, -0.05) is 121 Å². The summed E-state index contributed by atoms with van der Waals surface area (Å²) in [5.41, 5.74) is 5.77. The number of hydrogen-bond acceptors (Lipinski definition) is 2. The Morgan fingerprint density at radius 2 is 0.600 bits per heavy atom. The van der Waals surface area contributed by atoms with Gasteiger partial charge in [0.2, 0.25) is 0 Å². The third-order valence-corrected chi connectivity index (χ3v) is 8.09. The van der Waals surface area contributed by atoms with Gasteiger partial charge in [0, 0.05) is 24.2 Å². The SMILES string of the molecule is c1ccc(C2CCC(c3ccccc3)N2CN2C(c3ccccc3)CCC2c2ccccc2)cc1. The van der Waals surface area contributed by atoms with Gasteiger partial charge in [0.1, 0.15) is 0 Å². The molecule has 176 valence electrons. The maximum absolute atomic E-state index is 2.79. The summed E-state index contributed by atoms with van der Waals surface area (Å²) in [7, 11) is 0. The molecule has 0 radical (unpaired) electrons. The van der Waals surface area contributed by atoms with Gasteiger partial charge >= 0.3 is 0 Å². The largest absolute Gasteiger partial charge is 0.276 e. The summed E-state index contributed by atoms with van der Waals surface area (Å²) in [5.74, 6) is 0. The van der Waals surface area contributed by atoms with Crippen LogP contribution in [0.2, 0.25) is 0 Å². The van der Waals surface area contributed by atoms with Gasteiger partial charge in [0.15, 0.2) is 0 Å². The minimum atomic E-state index is 0.440. The van der Waals surface area contributed by atoms with Crippen molar-refractivity contribution in [2.45, 2.75) is 49.9 Å². The van der Waals surface area contributed by atoms with E-state index in [1.54, 1.807) is 0 Å². The molecule has 6 rings (SSSR count). The van der Waals surface area contributed by atoms with E-state index in [2.05, 4.69) is 131 Å². The summed E-state index contributed by atoms with van der Waals surface area (Å²) >= 11 is 0. The van der Waals surface area contributed by atoms with Crippen LogP contribution in [0.5, 0.6) is 0 Å². The zero-order valence-corrected chi connectivity index (χ0v) is 20.3. The Kier molecular flexibility index (Phi) is 6.49. The Hall–Kier alpha value is -3.20. The van der Waals surface area contributed by atoms with E-state index in [-0.39, 0.29) is 0 Å². The van der Waals surface area contributed by atoms with Gasteiger partial charge in [-0.25, -0.2) is 0 Å². The molecule has 2 heterocycles. The summed E-state index contributed by atoms with van der Waals surface area (Å²) in [5, 5.41) is 0.